The second kappa shape index (κ2) is 8.13. The Morgan fingerprint density at radius 3 is 2.46 bits per heavy atom. The predicted octanol–water partition coefficient (Wildman–Crippen LogP) is 2.90. The third-order valence-electron chi connectivity index (χ3n) is 3.51. The Hall–Kier alpha value is -2.69. The Bertz CT molecular complexity index is 1090. The fourth-order valence-corrected chi connectivity index (χ4v) is 4.30. The van der Waals surface area contributed by atoms with Crippen molar-refractivity contribution in [2.45, 2.75) is 11.8 Å². The highest BCUT2D eigenvalue weighted by atomic mass is 32.2. The molecule has 0 spiro atoms. The van der Waals surface area contributed by atoms with Crippen LogP contribution in [-0.4, -0.2) is 24.6 Å². The standard InChI is InChI=1S/C18H14N2O5S3/c1-11(21)19-13-6-8-14(9-7-13)28(23,24)25-15-5-3-2-4-12(15)10-16-17(22)20-18(26)27-16/h2-10H,1H3,(H,19,21)(H,20,22,26). The van der Waals surface area contributed by atoms with E-state index in [4.69, 9.17) is 16.4 Å². The summed E-state index contributed by atoms with van der Waals surface area (Å²) >= 11 is 6.04. The van der Waals surface area contributed by atoms with Gasteiger partial charge in [-0.15, -0.1) is 0 Å². The van der Waals surface area contributed by atoms with Crippen molar-refractivity contribution in [3.8, 4) is 5.75 Å². The van der Waals surface area contributed by atoms with Crippen molar-refractivity contribution >= 4 is 62.0 Å². The number of anilines is 1. The molecule has 144 valence electrons. The zero-order valence-corrected chi connectivity index (χ0v) is 16.9. The minimum absolute atomic E-state index is 0.0711. The minimum atomic E-state index is -4.11. The summed E-state index contributed by atoms with van der Waals surface area (Å²) in [4.78, 5) is 23.2. The van der Waals surface area contributed by atoms with Gasteiger partial charge < -0.3 is 14.8 Å². The monoisotopic (exact) mass is 434 g/mol. The average molecular weight is 435 g/mol. The largest absolute Gasteiger partial charge is 0.378 e. The molecule has 0 saturated carbocycles. The molecule has 1 aliphatic rings. The lowest BCUT2D eigenvalue weighted by Crippen LogP contribution is -2.17. The van der Waals surface area contributed by atoms with Crippen LogP contribution in [0.15, 0.2) is 58.3 Å². The molecule has 28 heavy (non-hydrogen) atoms. The van der Waals surface area contributed by atoms with Gasteiger partial charge in [0.25, 0.3) is 5.91 Å². The molecule has 0 aliphatic carbocycles. The van der Waals surface area contributed by atoms with Gasteiger partial charge in [-0.3, -0.25) is 9.59 Å². The fraction of sp³-hybridized carbons (Fsp3) is 0.0556. The molecule has 2 aromatic carbocycles. The molecule has 0 aromatic heterocycles. The molecule has 2 aromatic rings. The molecule has 1 aliphatic heterocycles. The Morgan fingerprint density at radius 1 is 1.18 bits per heavy atom. The van der Waals surface area contributed by atoms with Gasteiger partial charge in [0, 0.05) is 18.2 Å². The van der Waals surface area contributed by atoms with Gasteiger partial charge in [-0.05, 0) is 36.4 Å². The molecular weight excluding hydrogens is 420 g/mol. The van der Waals surface area contributed by atoms with Gasteiger partial charge in [0.15, 0.2) is 0 Å². The van der Waals surface area contributed by atoms with E-state index >= 15 is 0 Å². The highest BCUT2D eigenvalue weighted by Crippen LogP contribution is 2.30. The van der Waals surface area contributed by atoms with Crippen molar-refractivity contribution < 1.29 is 22.2 Å². The molecule has 2 amide bonds. The summed E-state index contributed by atoms with van der Waals surface area (Å²) in [6, 6.07) is 12.0. The molecule has 0 radical (unpaired) electrons. The Balaban J connectivity index is 1.87. The Labute approximate surface area is 171 Å². The number of nitrogens with one attached hydrogen (secondary N) is 2. The van der Waals surface area contributed by atoms with Crippen LogP contribution < -0.4 is 14.8 Å². The van der Waals surface area contributed by atoms with Gasteiger partial charge in [0.2, 0.25) is 5.91 Å². The third-order valence-corrected chi connectivity index (χ3v) is 5.92. The topological polar surface area (TPSA) is 102 Å². The first kappa shape index (κ1) is 20.1. The number of benzene rings is 2. The molecule has 1 fully saturated rings. The summed E-state index contributed by atoms with van der Waals surface area (Å²) in [5.74, 6) is -0.532. The summed E-state index contributed by atoms with van der Waals surface area (Å²) in [7, 11) is -4.11. The quantitative estimate of drug-likeness (QED) is 0.424. The van der Waals surface area contributed by atoms with Crippen molar-refractivity contribution in [2.75, 3.05) is 5.32 Å². The van der Waals surface area contributed by atoms with E-state index in [0.29, 0.717) is 20.5 Å². The number of thiocarbonyl (C=S) groups is 1. The first-order valence-corrected chi connectivity index (χ1v) is 10.5. The highest BCUT2D eigenvalue weighted by molar-refractivity contribution is 8.26. The zero-order chi connectivity index (χ0) is 20.3. The number of rotatable bonds is 5. The molecule has 2 N–H and O–H groups in total. The Kier molecular flexibility index (Phi) is 5.82. The van der Waals surface area contributed by atoms with Crippen molar-refractivity contribution in [2.24, 2.45) is 0 Å². The minimum Gasteiger partial charge on any atom is -0.378 e. The van der Waals surface area contributed by atoms with Gasteiger partial charge in [-0.1, -0.05) is 42.2 Å². The maximum absolute atomic E-state index is 12.6. The molecule has 1 saturated heterocycles. The van der Waals surface area contributed by atoms with E-state index in [1.54, 1.807) is 18.2 Å². The van der Waals surface area contributed by atoms with Crippen LogP contribution in [0.3, 0.4) is 0 Å². The van der Waals surface area contributed by atoms with Gasteiger partial charge in [-0.25, -0.2) is 0 Å². The molecule has 1 heterocycles. The van der Waals surface area contributed by atoms with Crippen LogP contribution in [0.5, 0.6) is 5.75 Å². The molecule has 0 unspecified atom stereocenters. The molecule has 3 rings (SSSR count). The van der Waals surface area contributed by atoms with Crippen LogP contribution in [0, 0.1) is 0 Å². The smallest absolute Gasteiger partial charge is 0.339 e. The maximum atomic E-state index is 12.6. The lowest BCUT2D eigenvalue weighted by atomic mass is 10.2. The summed E-state index contributed by atoms with van der Waals surface area (Å²) in [6.45, 7) is 1.36. The van der Waals surface area contributed by atoms with Crippen LogP contribution in [-0.2, 0) is 19.7 Å². The summed E-state index contributed by atoms with van der Waals surface area (Å²) < 4.78 is 30.8. The SMILES string of the molecule is CC(=O)Nc1ccc(S(=O)(=O)Oc2ccccc2C=C2SC(=S)NC2=O)cc1. The second-order valence-corrected chi connectivity index (χ2v) is 8.90. The van der Waals surface area contributed by atoms with E-state index in [1.807, 2.05) is 0 Å². The number of hydrogen-bond acceptors (Lipinski definition) is 7. The van der Waals surface area contributed by atoms with Gasteiger partial charge in [0.05, 0.1) is 4.91 Å². The maximum Gasteiger partial charge on any atom is 0.339 e. The summed E-state index contributed by atoms with van der Waals surface area (Å²) in [5, 5.41) is 5.05. The predicted molar refractivity (Wildman–Crippen MR) is 111 cm³/mol. The van der Waals surface area contributed by atoms with Crippen LogP contribution in [0.1, 0.15) is 12.5 Å². The van der Waals surface area contributed by atoms with Gasteiger partial charge in [0.1, 0.15) is 15.0 Å². The molecule has 10 heteroatoms. The van der Waals surface area contributed by atoms with Crippen molar-refractivity contribution in [1.29, 1.82) is 0 Å². The van der Waals surface area contributed by atoms with E-state index in [2.05, 4.69) is 10.6 Å². The molecular formula is C18H14N2O5S3. The van der Waals surface area contributed by atoms with Crippen molar-refractivity contribution in [3.05, 3.63) is 59.0 Å². The molecule has 0 atom stereocenters. The van der Waals surface area contributed by atoms with E-state index in [1.165, 1.54) is 43.3 Å². The Morgan fingerprint density at radius 2 is 1.86 bits per heavy atom. The van der Waals surface area contributed by atoms with Gasteiger partial charge in [-0.2, -0.15) is 8.42 Å². The van der Waals surface area contributed by atoms with Crippen LogP contribution in [0.2, 0.25) is 0 Å². The highest BCUT2D eigenvalue weighted by Gasteiger charge is 2.23. The number of hydrogen-bond donors (Lipinski definition) is 2. The zero-order valence-electron chi connectivity index (χ0n) is 14.5. The van der Waals surface area contributed by atoms with Gasteiger partial charge >= 0.3 is 10.1 Å². The van der Waals surface area contributed by atoms with E-state index in [-0.39, 0.29) is 22.5 Å². The number of carbonyl (C=O) groups is 2. The summed E-state index contributed by atoms with van der Waals surface area (Å²) in [6.07, 6.45) is 1.52. The van der Waals surface area contributed by atoms with Crippen LogP contribution in [0.4, 0.5) is 5.69 Å². The first-order chi connectivity index (χ1) is 13.2. The molecule has 7 nitrogen and oxygen atoms in total. The summed E-state index contributed by atoms with van der Waals surface area (Å²) in [5.41, 5.74) is 0.889. The fourth-order valence-electron chi connectivity index (χ4n) is 2.31. The first-order valence-electron chi connectivity index (χ1n) is 7.90. The van der Waals surface area contributed by atoms with Crippen molar-refractivity contribution in [1.82, 2.24) is 5.32 Å². The van der Waals surface area contributed by atoms with E-state index in [9.17, 15) is 18.0 Å². The number of para-hydroxylation sites is 1. The lowest BCUT2D eigenvalue weighted by Gasteiger charge is -2.10. The second-order valence-electron chi connectivity index (χ2n) is 5.63. The number of thioether (sulfide) groups is 1. The lowest BCUT2D eigenvalue weighted by molar-refractivity contribution is -0.115. The molecule has 0 bridgehead atoms. The van der Waals surface area contributed by atoms with Crippen molar-refractivity contribution in [3.63, 3.8) is 0 Å². The van der Waals surface area contributed by atoms with E-state index < -0.39 is 10.1 Å². The van der Waals surface area contributed by atoms with E-state index in [0.717, 1.165) is 11.8 Å². The van der Waals surface area contributed by atoms with Crippen LogP contribution >= 0.6 is 24.0 Å². The number of amides is 2. The number of carbonyl (C=O) groups excluding carboxylic acids is 2. The van der Waals surface area contributed by atoms with Crippen LogP contribution in [0.25, 0.3) is 6.08 Å². The normalized spacial score (nSPS) is 15.4. The average Bonchev–Trinajstić information content (AvgIpc) is 2.93. The third kappa shape index (κ3) is 4.77.